The number of ether oxygens (including phenoxy) is 1. The number of likely N-dealkylation sites (tertiary alicyclic amines) is 1. The van der Waals surface area contributed by atoms with Gasteiger partial charge in [0.05, 0.1) is 12.5 Å². The van der Waals surface area contributed by atoms with E-state index in [0.29, 0.717) is 31.6 Å². The summed E-state index contributed by atoms with van der Waals surface area (Å²) < 4.78 is 5.04. The molecule has 2 atom stereocenters. The van der Waals surface area contributed by atoms with Gasteiger partial charge in [0, 0.05) is 25.3 Å². The van der Waals surface area contributed by atoms with Crippen molar-refractivity contribution >= 4 is 11.9 Å². The molecule has 0 aliphatic carbocycles. The zero-order valence-electron chi connectivity index (χ0n) is 12.4. The van der Waals surface area contributed by atoms with Crippen molar-refractivity contribution in [3.63, 3.8) is 0 Å². The Morgan fingerprint density at radius 3 is 2.52 bits per heavy atom. The van der Waals surface area contributed by atoms with Gasteiger partial charge in [-0.3, -0.25) is 9.59 Å². The van der Waals surface area contributed by atoms with E-state index in [1.807, 2.05) is 19.1 Å². The molecule has 0 bridgehead atoms. The molecule has 1 saturated heterocycles. The van der Waals surface area contributed by atoms with Crippen LogP contribution in [0.2, 0.25) is 0 Å². The Hall–Kier alpha value is -1.88. The number of hydrogen-bond acceptors (Lipinski definition) is 3. The number of amides is 1. The molecule has 1 N–H and O–H groups in total. The largest absolute Gasteiger partial charge is 0.481 e. The van der Waals surface area contributed by atoms with E-state index < -0.39 is 5.97 Å². The minimum Gasteiger partial charge on any atom is -0.481 e. The average Bonchev–Trinajstić information content (AvgIpc) is 2.47. The zero-order chi connectivity index (χ0) is 15.4. The van der Waals surface area contributed by atoms with Crippen LogP contribution < -0.4 is 0 Å². The standard InChI is InChI=1S/C16H21NO4/c1-11-9-14(16(19)20)7-8-17(11)15(18)13-5-3-12(4-6-13)10-21-2/h3-6,11,14H,7-10H2,1-2H3,(H,19,20). The summed E-state index contributed by atoms with van der Waals surface area (Å²) in [5.41, 5.74) is 1.65. The van der Waals surface area contributed by atoms with Gasteiger partial charge in [0.1, 0.15) is 0 Å². The van der Waals surface area contributed by atoms with Crippen molar-refractivity contribution in [3.8, 4) is 0 Å². The summed E-state index contributed by atoms with van der Waals surface area (Å²) in [6.07, 6.45) is 1.04. The molecule has 2 unspecified atom stereocenters. The summed E-state index contributed by atoms with van der Waals surface area (Å²) in [5, 5.41) is 9.06. The van der Waals surface area contributed by atoms with Crippen LogP contribution in [0.1, 0.15) is 35.7 Å². The first kappa shape index (κ1) is 15.5. The number of methoxy groups -OCH3 is 1. The highest BCUT2D eigenvalue weighted by molar-refractivity contribution is 5.94. The van der Waals surface area contributed by atoms with Gasteiger partial charge in [0.25, 0.3) is 5.91 Å². The molecule has 1 aromatic rings. The fraction of sp³-hybridized carbons (Fsp3) is 0.500. The van der Waals surface area contributed by atoms with Gasteiger partial charge < -0.3 is 14.7 Å². The van der Waals surface area contributed by atoms with E-state index in [0.717, 1.165) is 5.56 Å². The Morgan fingerprint density at radius 1 is 1.33 bits per heavy atom. The molecule has 1 aromatic carbocycles. The zero-order valence-corrected chi connectivity index (χ0v) is 12.4. The van der Waals surface area contributed by atoms with E-state index in [9.17, 15) is 9.59 Å². The number of nitrogens with zero attached hydrogens (tertiary/aromatic N) is 1. The molecule has 5 heteroatoms. The van der Waals surface area contributed by atoms with Crippen molar-refractivity contribution in [2.45, 2.75) is 32.4 Å². The molecular weight excluding hydrogens is 270 g/mol. The van der Waals surface area contributed by atoms with Gasteiger partial charge in [-0.25, -0.2) is 0 Å². The second-order valence-corrected chi connectivity index (χ2v) is 5.54. The third-order valence-electron chi connectivity index (χ3n) is 4.00. The lowest BCUT2D eigenvalue weighted by atomic mass is 9.91. The smallest absolute Gasteiger partial charge is 0.306 e. The Kier molecular flexibility index (Phi) is 4.96. The van der Waals surface area contributed by atoms with Crippen LogP contribution in [0.25, 0.3) is 0 Å². The van der Waals surface area contributed by atoms with Gasteiger partial charge in [-0.15, -0.1) is 0 Å². The Balaban J connectivity index is 2.04. The Bertz CT molecular complexity index is 512. The van der Waals surface area contributed by atoms with Crippen LogP contribution in [-0.4, -0.2) is 41.6 Å². The van der Waals surface area contributed by atoms with E-state index in [1.165, 1.54) is 0 Å². The van der Waals surface area contributed by atoms with Crippen LogP contribution in [0.3, 0.4) is 0 Å². The first-order valence-electron chi connectivity index (χ1n) is 7.14. The molecule has 1 aliphatic rings. The maximum Gasteiger partial charge on any atom is 0.306 e. The molecule has 1 amide bonds. The number of rotatable bonds is 4. The molecule has 2 rings (SSSR count). The van der Waals surface area contributed by atoms with Crippen LogP contribution in [0.15, 0.2) is 24.3 Å². The monoisotopic (exact) mass is 291 g/mol. The summed E-state index contributed by atoms with van der Waals surface area (Å²) in [6.45, 7) is 2.93. The minimum absolute atomic E-state index is 0.0321. The van der Waals surface area contributed by atoms with Crippen molar-refractivity contribution in [3.05, 3.63) is 35.4 Å². The lowest BCUT2D eigenvalue weighted by Crippen LogP contribution is -2.46. The highest BCUT2D eigenvalue weighted by atomic mass is 16.5. The molecule has 0 saturated carbocycles. The molecule has 21 heavy (non-hydrogen) atoms. The van der Waals surface area contributed by atoms with Crippen molar-refractivity contribution in [1.82, 2.24) is 4.90 Å². The predicted octanol–water partition coefficient (Wildman–Crippen LogP) is 2.16. The summed E-state index contributed by atoms with van der Waals surface area (Å²) in [4.78, 5) is 25.3. The highest BCUT2D eigenvalue weighted by Gasteiger charge is 2.32. The number of carboxylic acid groups (broad SMARTS) is 1. The van der Waals surface area contributed by atoms with Gasteiger partial charge in [-0.2, -0.15) is 0 Å². The van der Waals surface area contributed by atoms with Gasteiger partial charge in [0.15, 0.2) is 0 Å². The van der Waals surface area contributed by atoms with Crippen LogP contribution in [0.4, 0.5) is 0 Å². The van der Waals surface area contributed by atoms with Gasteiger partial charge >= 0.3 is 5.97 Å². The summed E-state index contributed by atoms with van der Waals surface area (Å²) in [6, 6.07) is 7.31. The van der Waals surface area contributed by atoms with Crippen molar-refractivity contribution in [2.75, 3.05) is 13.7 Å². The number of carbonyl (C=O) groups excluding carboxylic acids is 1. The quantitative estimate of drug-likeness (QED) is 0.923. The van der Waals surface area contributed by atoms with E-state index >= 15 is 0 Å². The number of piperidine rings is 1. The first-order valence-corrected chi connectivity index (χ1v) is 7.14. The highest BCUT2D eigenvalue weighted by Crippen LogP contribution is 2.24. The molecule has 0 aromatic heterocycles. The van der Waals surface area contributed by atoms with Crippen LogP contribution in [-0.2, 0) is 16.1 Å². The maximum absolute atomic E-state index is 12.5. The number of carboxylic acids is 1. The van der Waals surface area contributed by atoms with Crippen molar-refractivity contribution < 1.29 is 19.4 Å². The molecular formula is C16H21NO4. The fourth-order valence-electron chi connectivity index (χ4n) is 2.77. The van der Waals surface area contributed by atoms with Crippen LogP contribution >= 0.6 is 0 Å². The molecule has 1 fully saturated rings. The molecule has 0 radical (unpaired) electrons. The molecule has 114 valence electrons. The van der Waals surface area contributed by atoms with Gasteiger partial charge in [-0.05, 0) is 37.5 Å². The van der Waals surface area contributed by atoms with E-state index in [-0.39, 0.29) is 17.9 Å². The third kappa shape index (κ3) is 3.61. The predicted molar refractivity (Wildman–Crippen MR) is 78.0 cm³/mol. The minimum atomic E-state index is -0.766. The summed E-state index contributed by atoms with van der Waals surface area (Å²) in [5.74, 6) is -1.14. The molecule has 1 aliphatic heterocycles. The van der Waals surface area contributed by atoms with Gasteiger partial charge in [0.2, 0.25) is 0 Å². The van der Waals surface area contributed by atoms with Crippen molar-refractivity contribution in [1.29, 1.82) is 0 Å². The number of carbonyl (C=O) groups is 2. The van der Waals surface area contributed by atoms with Gasteiger partial charge in [-0.1, -0.05) is 12.1 Å². The number of aliphatic carboxylic acids is 1. The topological polar surface area (TPSA) is 66.8 Å². The number of hydrogen-bond donors (Lipinski definition) is 1. The number of benzene rings is 1. The summed E-state index contributed by atoms with van der Waals surface area (Å²) in [7, 11) is 1.63. The van der Waals surface area contributed by atoms with Crippen molar-refractivity contribution in [2.24, 2.45) is 5.92 Å². The maximum atomic E-state index is 12.5. The van der Waals surface area contributed by atoms with E-state index in [4.69, 9.17) is 9.84 Å². The first-order chi connectivity index (χ1) is 10.0. The fourth-order valence-corrected chi connectivity index (χ4v) is 2.77. The molecule has 1 heterocycles. The summed E-state index contributed by atoms with van der Waals surface area (Å²) >= 11 is 0. The Morgan fingerprint density at radius 2 is 2.00 bits per heavy atom. The molecule has 5 nitrogen and oxygen atoms in total. The average molecular weight is 291 g/mol. The SMILES string of the molecule is COCc1ccc(C(=O)N2CCC(C(=O)O)CC2C)cc1. The van der Waals surface area contributed by atoms with Crippen LogP contribution in [0, 0.1) is 5.92 Å². The normalized spacial score (nSPS) is 22.1. The van der Waals surface area contributed by atoms with Crippen LogP contribution in [0.5, 0.6) is 0 Å². The molecule has 0 spiro atoms. The lowest BCUT2D eigenvalue weighted by Gasteiger charge is -2.36. The lowest BCUT2D eigenvalue weighted by molar-refractivity contribution is -0.143. The van der Waals surface area contributed by atoms with E-state index in [2.05, 4.69) is 0 Å². The van der Waals surface area contributed by atoms with E-state index in [1.54, 1.807) is 24.1 Å². The third-order valence-corrected chi connectivity index (χ3v) is 4.00. The Labute approximate surface area is 124 Å². The second kappa shape index (κ2) is 6.72. The second-order valence-electron chi connectivity index (χ2n) is 5.54.